The molecule has 2 aromatic carbocycles. The van der Waals surface area contributed by atoms with Gasteiger partial charge < -0.3 is 0 Å². The van der Waals surface area contributed by atoms with Gasteiger partial charge in [0.1, 0.15) is 0 Å². The molecule has 0 atom stereocenters. The van der Waals surface area contributed by atoms with Gasteiger partial charge >= 0.3 is 0 Å². The smallest absolute Gasteiger partial charge is 0.00523 e. The molecule has 0 aliphatic heterocycles. The topological polar surface area (TPSA) is 0 Å². The Morgan fingerprint density at radius 3 is 1.77 bits per heavy atom. The fourth-order valence-electron chi connectivity index (χ4n) is 4.40. The molecule has 0 N–H and O–H groups in total. The van der Waals surface area contributed by atoms with Gasteiger partial charge in [-0.2, -0.15) is 0 Å². The number of rotatable bonds is 3. The summed E-state index contributed by atoms with van der Waals surface area (Å²) in [6, 6.07) is 12.2. The van der Waals surface area contributed by atoms with Crippen molar-refractivity contribution in [1.29, 1.82) is 0 Å². The zero-order valence-corrected chi connectivity index (χ0v) is 21.1. The summed E-state index contributed by atoms with van der Waals surface area (Å²) in [5.41, 5.74) is 12.2. The molecule has 0 spiro atoms. The summed E-state index contributed by atoms with van der Waals surface area (Å²) in [7, 11) is 0. The molecule has 2 aromatic rings. The maximum Gasteiger partial charge on any atom is -0.00523 e. The predicted octanol–water partition coefficient (Wildman–Crippen LogP) is 8.89. The quantitative estimate of drug-likeness (QED) is 0.481. The molecule has 0 bridgehead atoms. The highest BCUT2D eigenvalue weighted by Crippen LogP contribution is 2.43. The third-order valence-corrected chi connectivity index (χ3v) is 6.56. The Balaban J connectivity index is 2.33. The van der Waals surface area contributed by atoms with Crippen LogP contribution in [-0.4, -0.2) is 0 Å². The molecule has 162 valence electrons. The van der Waals surface area contributed by atoms with Crippen LogP contribution in [0.25, 0.3) is 17.2 Å². The van der Waals surface area contributed by atoms with Gasteiger partial charge in [-0.05, 0) is 68.0 Å². The van der Waals surface area contributed by atoms with Crippen molar-refractivity contribution < 1.29 is 0 Å². The Labute approximate surface area is 185 Å². The molecular formula is C30H42. The van der Waals surface area contributed by atoms with E-state index in [1.54, 1.807) is 5.57 Å². The van der Waals surface area contributed by atoms with Crippen LogP contribution in [0.5, 0.6) is 0 Å². The molecule has 0 nitrogen and oxygen atoms in total. The average Bonchev–Trinajstić information content (AvgIpc) is 3.04. The molecule has 1 aliphatic carbocycles. The summed E-state index contributed by atoms with van der Waals surface area (Å²) in [5.74, 6) is 0. The molecule has 3 rings (SSSR count). The largest absolute Gasteiger partial charge is 0.0651 e. The van der Waals surface area contributed by atoms with Crippen molar-refractivity contribution in [3.05, 3.63) is 63.7 Å². The number of allylic oxidation sites excluding steroid dienone is 1. The van der Waals surface area contributed by atoms with Crippen molar-refractivity contribution in [1.82, 2.24) is 0 Å². The molecule has 0 amide bonds. The summed E-state index contributed by atoms with van der Waals surface area (Å²) in [4.78, 5) is 0. The first-order valence-corrected chi connectivity index (χ1v) is 11.7. The van der Waals surface area contributed by atoms with Crippen LogP contribution >= 0.6 is 0 Å². The molecule has 0 aromatic heterocycles. The lowest BCUT2D eigenvalue weighted by atomic mass is 9.78. The molecule has 0 heterocycles. The highest BCUT2D eigenvalue weighted by Gasteiger charge is 2.27. The predicted molar refractivity (Wildman–Crippen MR) is 134 cm³/mol. The minimum absolute atomic E-state index is 0.130. The summed E-state index contributed by atoms with van der Waals surface area (Å²) >= 11 is 0. The Hall–Kier alpha value is -1.82. The summed E-state index contributed by atoms with van der Waals surface area (Å²) in [5, 5.41) is 0. The molecule has 0 fully saturated rings. The zero-order chi connectivity index (χ0) is 22.5. The van der Waals surface area contributed by atoms with Crippen LogP contribution < -0.4 is 0 Å². The van der Waals surface area contributed by atoms with Gasteiger partial charge in [0.2, 0.25) is 0 Å². The van der Waals surface area contributed by atoms with Crippen LogP contribution in [0.3, 0.4) is 0 Å². The first-order chi connectivity index (χ1) is 13.7. The second-order valence-electron chi connectivity index (χ2n) is 12.3. The van der Waals surface area contributed by atoms with Crippen molar-refractivity contribution in [2.75, 3.05) is 0 Å². The van der Waals surface area contributed by atoms with Gasteiger partial charge in [-0.1, -0.05) is 118 Å². The molecule has 0 saturated heterocycles. The fraction of sp³-hybridized carbons (Fsp3) is 0.533. The van der Waals surface area contributed by atoms with E-state index in [1.165, 1.54) is 45.4 Å². The Bertz CT molecular complexity index is 931. The van der Waals surface area contributed by atoms with Gasteiger partial charge in [-0.15, -0.1) is 0 Å². The third kappa shape index (κ3) is 4.58. The first-order valence-electron chi connectivity index (χ1n) is 11.7. The van der Waals surface area contributed by atoms with Crippen molar-refractivity contribution in [2.45, 2.75) is 99.3 Å². The van der Waals surface area contributed by atoms with Crippen LogP contribution in [-0.2, 0) is 23.7 Å². The van der Waals surface area contributed by atoms with Crippen molar-refractivity contribution >= 4 is 6.08 Å². The fourth-order valence-corrected chi connectivity index (χ4v) is 4.40. The minimum atomic E-state index is 0.130. The van der Waals surface area contributed by atoms with Gasteiger partial charge in [0.25, 0.3) is 0 Å². The molecular weight excluding hydrogens is 360 g/mol. The second kappa shape index (κ2) is 7.70. The number of hydrogen-bond donors (Lipinski definition) is 0. The lowest BCUT2D eigenvalue weighted by molar-refractivity contribution is 0.498. The molecule has 0 heteroatoms. The van der Waals surface area contributed by atoms with Gasteiger partial charge in [0.15, 0.2) is 0 Å². The highest BCUT2D eigenvalue weighted by atomic mass is 14.3. The van der Waals surface area contributed by atoms with E-state index >= 15 is 0 Å². The summed E-state index contributed by atoms with van der Waals surface area (Å²) in [6.45, 7) is 23.3. The highest BCUT2D eigenvalue weighted by molar-refractivity contribution is 5.84. The molecule has 0 saturated carbocycles. The molecule has 1 aliphatic rings. The molecule has 30 heavy (non-hydrogen) atoms. The van der Waals surface area contributed by atoms with E-state index in [4.69, 9.17) is 0 Å². The van der Waals surface area contributed by atoms with Crippen molar-refractivity contribution in [2.24, 2.45) is 5.41 Å². The zero-order valence-electron chi connectivity index (χ0n) is 21.1. The van der Waals surface area contributed by atoms with E-state index in [1.807, 2.05) is 0 Å². The SMILES string of the molecule is CCCc1ccc2c(c1-c1cc(C(C)(C)C)cc(C(C)(C)C)c1)C=C(C(C)(C)C)C2. The third-order valence-electron chi connectivity index (χ3n) is 6.56. The van der Waals surface area contributed by atoms with Crippen LogP contribution in [0, 0.1) is 5.41 Å². The maximum absolute atomic E-state index is 2.50. The number of benzene rings is 2. The van der Waals surface area contributed by atoms with E-state index in [9.17, 15) is 0 Å². The molecule has 0 radical (unpaired) electrons. The Morgan fingerprint density at radius 1 is 0.733 bits per heavy atom. The lowest BCUT2D eigenvalue weighted by Gasteiger charge is -2.27. The maximum atomic E-state index is 2.50. The monoisotopic (exact) mass is 402 g/mol. The summed E-state index contributed by atoms with van der Waals surface area (Å²) in [6.07, 6.45) is 5.90. The number of fused-ring (bicyclic) bond motifs is 1. The van der Waals surface area contributed by atoms with Crippen LogP contribution in [0.4, 0.5) is 0 Å². The van der Waals surface area contributed by atoms with E-state index in [-0.39, 0.29) is 16.2 Å². The summed E-state index contributed by atoms with van der Waals surface area (Å²) < 4.78 is 0. The van der Waals surface area contributed by atoms with Crippen molar-refractivity contribution in [3.63, 3.8) is 0 Å². The van der Waals surface area contributed by atoms with E-state index < -0.39 is 0 Å². The van der Waals surface area contributed by atoms with E-state index in [0.717, 1.165) is 12.8 Å². The van der Waals surface area contributed by atoms with Gasteiger partial charge in [0.05, 0.1) is 0 Å². The van der Waals surface area contributed by atoms with Crippen LogP contribution in [0.1, 0.15) is 103 Å². The van der Waals surface area contributed by atoms with Gasteiger partial charge in [-0.3, -0.25) is 0 Å². The Morgan fingerprint density at radius 2 is 1.30 bits per heavy atom. The molecule has 0 unspecified atom stereocenters. The first kappa shape index (κ1) is 22.9. The van der Waals surface area contributed by atoms with Crippen LogP contribution in [0.15, 0.2) is 35.9 Å². The Kier molecular flexibility index (Phi) is 5.87. The minimum Gasteiger partial charge on any atom is -0.0651 e. The van der Waals surface area contributed by atoms with Gasteiger partial charge in [0, 0.05) is 0 Å². The van der Waals surface area contributed by atoms with Crippen molar-refractivity contribution in [3.8, 4) is 11.1 Å². The lowest BCUT2D eigenvalue weighted by Crippen LogP contribution is -2.16. The van der Waals surface area contributed by atoms with E-state index in [2.05, 4.69) is 106 Å². The second-order valence-corrected chi connectivity index (χ2v) is 12.3. The number of hydrogen-bond acceptors (Lipinski definition) is 0. The standard InChI is InChI=1S/C30H42/c1-11-12-20-13-14-21-15-25(30(8,9)10)19-26(21)27(20)22-16-23(28(2,3)4)18-24(17-22)29(5,6)7/h13-14,16-19H,11-12,15H2,1-10H3. The average molecular weight is 403 g/mol. The normalized spacial score (nSPS) is 14.7. The van der Waals surface area contributed by atoms with Crippen LogP contribution in [0.2, 0.25) is 0 Å². The number of aryl methyl sites for hydroxylation is 1. The van der Waals surface area contributed by atoms with Gasteiger partial charge in [-0.25, -0.2) is 0 Å². The van der Waals surface area contributed by atoms with E-state index in [0.29, 0.717) is 0 Å².